The fourth-order valence-electron chi connectivity index (χ4n) is 3.99. The van der Waals surface area contributed by atoms with Gasteiger partial charge in [0.1, 0.15) is 5.82 Å². The highest BCUT2D eigenvalue weighted by Gasteiger charge is 2.15. The average molecular weight is 447 g/mol. The van der Waals surface area contributed by atoms with Crippen LogP contribution in [0.1, 0.15) is 30.8 Å². The minimum Gasteiger partial charge on any atom is -0.441 e. The number of imidazole rings is 1. The van der Waals surface area contributed by atoms with Crippen molar-refractivity contribution in [3.63, 3.8) is 0 Å². The first-order valence-corrected chi connectivity index (χ1v) is 11.2. The highest BCUT2D eigenvalue weighted by Crippen LogP contribution is 2.26. The van der Waals surface area contributed by atoms with Crippen LogP contribution in [0.25, 0.3) is 22.7 Å². The Labute approximate surface area is 191 Å². The maximum Gasteiger partial charge on any atom is 0.224 e. The molecule has 4 aromatic rings. The molecular weight excluding hydrogens is 424 g/mol. The topological polar surface area (TPSA) is 73.0 Å². The number of anilines is 1. The van der Waals surface area contributed by atoms with Gasteiger partial charge in [0.2, 0.25) is 5.91 Å². The second kappa shape index (κ2) is 9.01. The molecule has 0 spiro atoms. The molecule has 3 heterocycles. The van der Waals surface area contributed by atoms with Gasteiger partial charge in [-0.1, -0.05) is 11.6 Å². The number of benzene rings is 2. The highest BCUT2D eigenvalue weighted by molar-refractivity contribution is 6.30. The van der Waals surface area contributed by atoms with Gasteiger partial charge in [0, 0.05) is 53.1 Å². The van der Waals surface area contributed by atoms with Gasteiger partial charge >= 0.3 is 0 Å². The van der Waals surface area contributed by atoms with Crippen molar-refractivity contribution in [2.75, 3.05) is 5.32 Å². The van der Waals surface area contributed by atoms with E-state index in [4.69, 9.17) is 16.0 Å². The molecule has 0 radical (unpaired) electrons. The summed E-state index contributed by atoms with van der Waals surface area (Å²) < 4.78 is 8.07. The van der Waals surface area contributed by atoms with Crippen LogP contribution in [-0.4, -0.2) is 20.4 Å². The minimum atomic E-state index is -0.0813. The van der Waals surface area contributed by atoms with E-state index in [1.165, 1.54) is 18.5 Å². The van der Waals surface area contributed by atoms with Gasteiger partial charge in [0.05, 0.1) is 6.20 Å². The number of hydrogen-bond acceptors (Lipinski definition) is 4. The summed E-state index contributed by atoms with van der Waals surface area (Å²) in [6.07, 6.45) is 7.87. The van der Waals surface area contributed by atoms with Crippen LogP contribution in [-0.2, 0) is 24.2 Å². The maximum absolute atomic E-state index is 12.4. The van der Waals surface area contributed by atoms with Crippen LogP contribution in [0.15, 0.2) is 65.3 Å². The first-order valence-electron chi connectivity index (χ1n) is 10.8. The van der Waals surface area contributed by atoms with Gasteiger partial charge in [0.25, 0.3) is 0 Å². The molecule has 1 amide bonds. The smallest absolute Gasteiger partial charge is 0.224 e. The summed E-state index contributed by atoms with van der Waals surface area (Å²) in [5.74, 6) is 2.11. The van der Waals surface area contributed by atoms with E-state index in [2.05, 4.69) is 19.9 Å². The Hall–Kier alpha value is -3.38. The number of amides is 1. The fraction of sp³-hybridized carbons (Fsp3) is 0.240. The lowest BCUT2D eigenvalue weighted by molar-refractivity contribution is -0.116. The third-order valence-electron chi connectivity index (χ3n) is 5.68. The summed E-state index contributed by atoms with van der Waals surface area (Å²) in [5.41, 5.74) is 4.02. The number of carbonyl (C=O) groups excluding carboxylic acids is 1. The number of nitrogens with zero attached hydrogens (tertiary/aromatic N) is 3. The predicted molar refractivity (Wildman–Crippen MR) is 125 cm³/mol. The van der Waals surface area contributed by atoms with E-state index in [0.29, 0.717) is 23.1 Å². The predicted octanol–water partition coefficient (Wildman–Crippen LogP) is 5.77. The fourth-order valence-corrected chi connectivity index (χ4v) is 4.11. The second-order valence-electron chi connectivity index (χ2n) is 7.93. The van der Waals surface area contributed by atoms with Gasteiger partial charge in [-0.05, 0) is 67.8 Å². The van der Waals surface area contributed by atoms with Gasteiger partial charge in [0.15, 0.2) is 11.7 Å². The van der Waals surface area contributed by atoms with Gasteiger partial charge in [-0.3, -0.25) is 4.79 Å². The number of oxazole rings is 1. The monoisotopic (exact) mass is 446 g/mol. The zero-order chi connectivity index (χ0) is 21.9. The Morgan fingerprint density at radius 1 is 1.00 bits per heavy atom. The second-order valence-corrected chi connectivity index (χ2v) is 8.37. The minimum absolute atomic E-state index is 0.0813. The summed E-state index contributed by atoms with van der Waals surface area (Å²) in [6.45, 7) is 1.02. The van der Waals surface area contributed by atoms with Crippen molar-refractivity contribution < 1.29 is 9.21 Å². The molecule has 1 N–H and O–H groups in total. The van der Waals surface area contributed by atoms with Gasteiger partial charge < -0.3 is 14.3 Å². The van der Waals surface area contributed by atoms with Crippen molar-refractivity contribution in [1.82, 2.24) is 14.5 Å². The number of aromatic nitrogens is 3. The normalized spacial score (nSPS) is 13.0. The lowest BCUT2D eigenvalue weighted by atomic mass is 10.1. The van der Waals surface area contributed by atoms with Crippen LogP contribution in [0.3, 0.4) is 0 Å². The van der Waals surface area contributed by atoms with Crippen LogP contribution < -0.4 is 5.32 Å². The average Bonchev–Trinajstić information content (AvgIpc) is 3.46. The van der Waals surface area contributed by atoms with E-state index >= 15 is 0 Å². The Morgan fingerprint density at radius 3 is 2.59 bits per heavy atom. The SMILES string of the molecule is O=C(CCc1ncc(-c2ccc(Cl)cc2)o1)Nc1ccc(-c2ncc3n2CCCC3)cc1. The van der Waals surface area contributed by atoms with Crippen molar-refractivity contribution in [3.05, 3.63) is 77.5 Å². The molecule has 0 atom stereocenters. The Morgan fingerprint density at radius 2 is 1.78 bits per heavy atom. The summed E-state index contributed by atoms with van der Waals surface area (Å²) >= 11 is 5.92. The first-order chi connectivity index (χ1) is 15.7. The number of carbonyl (C=O) groups is 1. The standard InChI is InChI=1S/C25H23ClN4O2/c26-19-8-4-17(5-9-19)22-16-27-24(32-22)13-12-23(31)29-20-10-6-18(7-11-20)25-28-15-21-3-1-2-14-30(21)25/h4-11,15-16H,1-3,12-14H2,(H,29,31). The number of rotatable bonds is 6. The van der Waals surface area contributed by atoms with E-state index in [0.717, 1.165) is 35.6 Å². The molecule has 2 aromatic heterocycles. The Bertz CT molecular complexity index is 1230. The third-order valence-corrected chi connectivity index (χ3v) is 5.93. The van der Waals surface area contributed by atoms with Gasteiger partial charge in [-0.15, -0.1) is 0 Å². The van der Waals surface area contributed by atoms with Crippen molar-refractivity contribution >= 4 is 23.2 Å². The lowest BCUT2D eigenvalue weighted by Gasteiger charge is -2.16. The van der Waals surface area contributed by atoms with E-state index in [1.54, 1.807) is 18.3 Å². The summed E-state index contributed by atoms with van der Waals surface area (Å²) in [4.78, 5) is 21.3. The largest absolute Gasteiger partial charge is 0.441 e. The Kier molecular flexibility index (Phi) is 5.77. The quantitative estimate of drug-likeness (QED) is 0.408. The van der Waals surface area contributed by atoms with E-state index in [1.807, 2.05) is 42.6 Å². The zero-order valence-electron chi connectivity index (χ0n) is 17.6. The molecule has 7 heteroatoms. The van der Waals surface area contributed by atoms with E-state index in [-0.39, 0.29) is 12.3 Å². The number of halogens is 1. The lowest BCUT2D eigenvalue weighted by Crippen LogP contribution is -2.12. The summed E-state index contributed by atoms with van der Waals surface area (Å²) in [7, 11) is 0. The molecule has 0 fully saturated rings. The van der Waals surface area contributed by atoms with Crippen LogP contribution in [0.4, 0.5) is 5.69 Å². The Balaban J connectivity index is 1.17. The van der Waals surface area contributed by atoms with Crippen LogP contribution in [0.2, 0.25) is 5.02 Å². The number of aryl methyl sites for hydroxylation is 2. The van der Waals surface area contributed by atoms with Crippen LogP contribution in [0, 0.1) is 0 Å². The molecule has 0 saturated heterocycles. The molecule has 0 unspecified atom stereocenters. The molecule has 5 rings (SSSR count). The first kappa shape index (κ1) is 20.5. The van der Waals surface area contributed by atoms with Gasteiger partial charge in [-0.25, -0.2) is 9.97 Å². The summed E-state index contributed by atoms with van der Waals surface area (Å²) in [5, 5.41) is 3.61. The molecule has 0 aliphatic carbocycles. The molecule has 0 saturated carbocycles. The van der Waals surface area contributed by atoms with Crippen molar-refractivity contribution in [1.29, 1.82) is 0 Å². The van der Waals surface area contributed by atoms with Gasteiger partial charge in [-0.2, -0.15) is 0 Å². The molecular formula is C25H23ClN4O2. The van der Waals surface area contributed by atoms with Crippen LogP contribution in [0.5, 0.6) is 0 Å². The highest BCUT2D eigenvalue weighted by atomic mass is 35.5. The molecule has 32 heavy (non-hydrogen) atoms. The van der Waals surface area contributed by atoms with Crippen molar-refractivity contribution in [2.24, 2.45) is 0 Å². The van der Waals surface area contributed by atoms with Crippen molar-refractivity contribution in [3.8, 4) is 22.7 Å². The molecule has 2 aromatic carbocycles. The zero-order valence-corrected chi connectivity index (χ0v) is 18.3. The molecule has 6 nitrogen and oxygen atoms in total. The van der Waals surface area contributed by atoms with E-state index < -0.39 is 0 Å². The maximum atomic E-state index is 12.4. The molecule has 1 aliphatic rings. The number of hydrogen-bond donors (Lipinski definition) is 1. The van der Waals surface area contributed by atoms with Crippen molar-refractivity contribution in [2.45, 2.75) is 38.6 Å². The van der Waals surface area contributed by atoms with E-state index in [9.17, 15) is 4.79 Å². The number of fused-ring (bicyclic) bond motifs is 1. The third kappa shape index (κ3) is 4.46. The summed E-state index contributed by atoms with van der Waals surface area (Å²) in [6, 6.07) is 15.2. The molecule has 1 aliphatic heterocycles. The number of nitrogens with one attached hydrogen (secondary N) is 1. The molecule has 0 bridgehead atoms. The molecule has 162 valence electrons. The van der Waals surface area contributed by atoms with Crippen LogP contribution >= 0.6 is 11.6 Å².